The van der Waals surface area contributed by atoms with E-state index in [1.807, 2.05) is 60.1 Å². The molecule has 1 aromatic heterocycles. The second-order valence-corrected chi connectivity index (χ2v) is 6.05. The number of amides is 1. The minimum atomic E-state index is -0.0910. The molecule has 1 N–H and O–H groups in total. The molecule has 5 heteroatoms. The topological polar surface area (TPSA) is 37.3 Å². The van der Waals surface area contributed by atoms with Crippen LogP contribution in [0.4, 0.5) is 11.4 Å². The molecule has 0 bridgehead atoms. The summed E-state index contributed by atoms with van der Waals surface area (Å²) in [6.45, 7) is 2.92. The van der Waals surface area contributed by atoms with Crippen molar-refractivity contribution in [3.05, 3.63) is 46.7 Å². The molecule has 0 aliphatic rings. The Hall–Kier alpha value is -1.75. The van der Waals surface area contributed by atoms with Gasteiger partial charge in [-0.25, -0.2) is 0 Å². The Bertz CT molecular complexity index is 617. The molecule has 1 heterocycles. The highest BCUT2D eigenvalue weighted by molar-refractivity contribution is 9.10. The molecule has 21 heavy (non-hydrogen) atoms. The predicted molar refractivity (Wildman–Crippen MR) is 91.1 cm³/mol. The van der Waals surface area contributed by atoms with E-state index in [0.717, 1.165) is 28.8 Å². The first-order valence-corrected chi connectivity index (χ1v) is 7.75. The van der Waals surface area contributed by atoms with Crippen molar-refractivity contribution >= 4 is 33.2 Å². The lowest BCUT2D eigenvalue weighted by atomic mass is 10.2. The molecule has 2 aromatic rings. The average Bonchev–Trinajstić information content (AvgIpc) is 2.81. The van der Waals surface area contributed by atoms with Crippen LogP contribution in [0.25, 0.3) is 0 Å². The lowest BCUT2D eigenvalue weighted by Gasteiger charge is -2.13. The predicted octanol–water partition coefficient (Wildman–Crippen LogP) is 3.98. The van der Waals surface area contributed by atoms with Gasteiger partial charge in [0, 0.05) is 42.7 Å². The van der Waals surface area contributed by atoms with Crippen LogP contribution in [-0.2, 0) is 6.54 Å². The molecule has 0 aliphatic heterocycles. The zero-order valence-electron chi connectivity index (χ0n) is 12.6. The van der Waals surface area contributed by atoms with E-state index in [2.05, 4.69) is 28.2 Å². The van der Waals surface area contributed by atoms with Gasteiger partial charge in [0.1, 0.15) is 5.69 Å². The molecule has 0 aliphatic carbocycles. The fourth-order valence-corrected chi connectivity index (χ4v) is 2.59. The highest BCUT2D eigenvalue weighted by atomic mass is 79.9. The summed E-state index contributed by atoms with van der Waals surface area (Å²) in [5.41, 5.74) is 2.57. The standard InChI is InChI=1S/C16H20BrN3O/c1-4-9-20-11-12(17)10-15(20)16(21)18-13-5-7-14(8-6-13)19(2)3/h5-8,10-11H,4,9H2,1-3H3,(H,18,21). The molecule has 1 amide bonds. The van der Waals surface area contributed by atoms with Crippen LogP contribution in [0.5, 0.6) is 0 Å². The van der Waals surface area contributed by atoms with Gasteiger partial charge >= 0.3 is 0 Å². The number of carbonyl (C=O) groups is 1. The first-order chi connectivity index (χ1) is 10.0. The Kier molecular flexibility index (Phi) is 5.07. The Morgan fingerprint density at radius 3 is 2.52 bits per heavy atom. The first-order valence-electron chi connectivity index (χ1n) is 6.95. The molecule has 2 rings (SSSR count). The fourth-order valence-electron chi connectivity index (χ4n) is 2.13. The lowest BCUT2D eigenvalue weighted by Crippen LogP contribution is -2.17. The molecule has 0 atom stereocenters. The van der Waals surface area contributed by atoms with E-state index >= 15 is 0 Å². The van der Waals surface area contributed by atoms with Crippen LogP contribution in [0.3, 0.4) is 0 Å². The van der Waals surface area contributed by atoms with Gasteiger partial charge in [-0.05, 0) is 52.7 Å². The molecule has 112 valence electrons. The summed E-state index contributed by atoms with van der Waals surface area (Å²) in [4.78, 5) is 14.4. The van der Waals surface area contributed by atoms with Crippen molar-refractivity contribution in [2.75, 3.05) is 24.3 Å². The number of hydrogen-bond acceptors (Lipinski definition) is 2. The summed E-state index contributed by atoms with van der Waals surface area (Å²) in [5, 5.41) is 2.94. The van der Waals surface area contributed by atoms with Crippen LogP contribution >= 0.6 is 15.9 Å². The zero-order chi connectivity index (χ0) is 15.4. The second kappa shape index (κ2) is 6.80. The molecule has 0 saturated heterocycles. The zero-order valence-corrected chi connectivity index (χ0v) is 14.1. The van der Waals surface area contributed by atoms with Crippen molar-refractivity contribution in [1.82, 2.24) is 4.57 Å². The number of aromatic nitrogens is 1. The quantitative estimate of drug-likeness (QED) is 0.886. The normalized spacial score (nSPS) is 10.5. The molecule has 0 fully saturated rings. The number of nitrogens with one attached hydrogen (secondary N) is 1. The number of rotatable bonds is 5. The summed E-state index contributed by atoms with van der Waals surface area (Å²) < 4.78 is 2.89. The fraction of sp³-hybridized carbons (Fsp3) is 0.312. The largest absolute Gasteiger partial charge is 0.378 e. The summed E-state index contributed by atoms with van der Waals surface area (Å²) in [7, 11) is 3.98. The van der Waals surface area contributed by atoms with Gasteiger partial charge in [-0.15, -0.1) is 0 Å². The van der Waals surface area contributed by atoms with Crippen LogP contribution < -0.4 is 10.2 Å². The van der Waals surface area contributed by atoms with Gasteiger partial charge in [0.05, 0.1) is 0 Å². The van der Waals surface area contributed by atoms with E-state index < -0.39 is 0 Å². The van der Waals surface area contributed by atoms with E-state index in [0.29, 0.717) is 5.69 Å². The van der Waals surface area contributed by atoms with Crippen molar-refractivity contribution in [3.63, 3.8) is 0 Å². The van der Waals surface area contributed by atoms with Gasteiger partial charge in [-0.2, -0.15) is 0 Å². The first kappa shape index (κ1) is 15.6. The molecular weight excluding hydrogens is 330 g/mol. The highest BCUT2D eigenvalue weighted by Crippen LogP contribution is 2.19. The maximum Gasteiger partial charge on any atom is 0.272 e. The minimum Gasteiger partial charge on any atom is -0.378 e. The Labute approximate surface area is 133 Å². The average molecular weight is 350 g/mol. The molecule has 0 saturated carbocycles. The second-order valence-electron chi connectivity index (χ2n) is 5.13. The molecule has 0 radical (unpaired) electrons. The van der Waals surface area contributed by atoms with E-state index in [-0.39, 0.29) is 5.91 Å². The molecule has 1 aromatic carbocycles. The van der Waals surface area contributed by atoms with Gasteiger partial charge < -0.3 is 14.8 Å². The SMILES string of the molecule is CCCn1cc(Br)cc1C(=O)Nc1ccc(N(C)C)cc1. The number of anilines is 2. The lowest BCUT2D eigenvalue weighted by molar-refractivity contribution is 0.101. The Balaban J connectivity index is 2.14. The third-order valence-electron chi connectivity index (χ3n) is 3.20. The van der Waals surface area contributed by atoms with Crippen LogP contribution in [-0.4, -0.2) is 24.6 Å². The summed E-state index contributed by atoms with van der Waals surface area (Å²) >= 11 is 3.43. The number of halogens is 1. The number of hydrogen-bond donors (Lipinski definition) is 1. The van der Waals surface area contributed by atoms with Gasteiger partial charge in [-0.3, -0.25) is 4.79 Å². The smallest absolute Gasteiger partial charge is 0.272 e. The summed E-state index contributed by atoms with van der Waals surface area (Å²) in [5.74, 6) is -0.0910. The van der Waals surface area contributed by atoms with Crippen molar-refractivity contribution in [2.45, 2.75) is 19.9 Å². The number of nitrogens with zero attached hydrogens (tertiary/aromatic N) is 2. The van der Waals surface area contributed by atoms with E-state index in [1.165, 1.54) is 0 Å². The molecular formula is C16H20BrN3O. The van der Waals surface area contributed by atoms with Crippen LogP contribution in [0.2, 0.25) is 0 Å². The maximum atomic E-state index is 12.4. The summed E-state index contributed by atoms with van der Waals surface area (Å²) in [6, 6.07) is 9.64. The van der Waals surface area contributed by atoms with Crippen molar-refractivity contribution in [1.29, 1.82) is 0 Å². The van der Waals surface area contributed by atoms with Crippen LogP contribution in [0.1, 0.15) is 23.8 Å². The molecule has 0 unspecified atom stereocenters. The Morgan fingerprint density at radius 2 is 1.95 bits per heavy atom. The van der Waals surface area contributed by atoms with Crippen LogP contribution in [0.15, 0.2) is 41.0 Å². The molecule has 4 nitrogen and oxygen atoms in total. The van der Waals surface area contributed by atoms with Crippen molar-refractivity contribution in [3.8, 4) is 0 Å². The number of carbonyl (C=O) groups excluding carboxylic acids is 1. The van der Waals surface area contributed by atoms with Gasteiger partial charge in [0.2, 0.25) is 0 Å². The molecule has 0 spiro atoms. The number of benzene rings is 1. The monoisotopic (exact) mass is 349 g/mol. The van der Waals surface area contributed by atoms with E-state index in [4.69, 9.17) is 0 Å². The van der Waals surface area contributed by atoms with Crippen molar-refractivity contribution in [2.24, 2.45) is 0 Å². The third-order valence-corrected chi connectivity index (χ3v) is 3.64. The van der Waals surface area contributed by atoms with Gasteiger partial charge in [0.25, 0.3) is 5.91 Å². The van der Waals surface area contributed by atoms with Crippen LogP contribution in [0, 0.1) is 0 Å². The van der Waals surface area contributed by atoms with E-state index in [9.17, 15) is 4.79 Å². The van der Waals surface area contributed by atoms with E-state index in [1.54, 1.807) is 0 Å². The number of aryl methyl sites for hydroxylation is 1. The van der Waals surface area contributed by atoms with Gasteiger partial charge in [-0.1, -0.05) is 6.92 Å². The summed E-state index contributed by atoms with van der Waals surface area (Å²) in [6.07, 6.45) is 2.92. The Morgan fingerprint density at radius 1 is 1.29 bits per heavy atom. The van der Waals surface area contributed by atoms with Crippen molar-refractivity contribution < 1.29 is 4.79 Å². The maximum absolute atomic E-state index is 12.4. The van der Waals surface area contributed by atoms with Gasteiger partial charge in [0.15, 0.2) is 0 Å². The highest BCUT2D eigenvalue weighted by Gasteiger charge is 2.13. The third kappa shape index (κ3) is 3.88. The minimum absolute atomic E-state index is 0.0910.